The van der Waals surface area contributed by atoms with Crippen LogP contribution < -0.4 is 0 Å². The molecule has 1 aliphatic rings. The van der Waals surface area contributed by atoms with E-state index in [2.05, 4.69) is 0 Å². The van der Waals surface area contributed by atoms with Crippen molar-refractivity contribution >= 4 is 29.1 Å². The smallest absolute Gasteiger partial charge is 0.379 e. The molecule has 21 heavy (non-hydrogen) atoms. The van der Waals surface area contributed by atoms with Crippen LogP contribution in [0.3, 0.4) is 0 Å². The number of halogens is 5. The van der Waals surface area contributed by atoms with Crippen LogP contribution in [-0.4, -0.2) is 42.8 Å². The van der Waals surface area contributed by atoms with E-state index < -0.39 is 24.7 Å². The third-order valence-corrected chi connectivity index (χ3v) is 3.86. The first-order valence-electron chi connectivity index (χ1n) is 6.18. The second-order valence-electron chi connectivity index (χ2n) is 4.69. The Balaban J connectivity index is 2.26. The lowest BCUT2D eigenvalue weighted by molar-refractivity contribution is -0.144. The maximum absolute atomic E-state index is 12.7. The molecule has 0 aromatic heterocycles. The molecule has 0 radical (unpaired) electrons. The Morgan fingerprint density at radius 3 is 2.57 bits per heavy atom. The second-order valence-corrected chi connectivity index (χ2v) is 5.51. The second kappa shape index (κ2) is 6.42. The molecule has 1 amide bonds. The highest BCUT2D eigenvalue weighted by Gasteiger charge is 2.38. The van der Waals surface area contributed by atoms with Crippen LogP contribution in [0, 0.1) is 0 Å². The van der Waals surface area contributed by atoms with Gasteiger partial charge in [-0.1, -0.05) is 23.2 Å². The van der Waals surface area contributed by atoms with E-state index in [-0.39, 0.29) is 22.2 Å². The van der Waals surface area contributed by atoms with Crippen LogP contribution in [0.5, 0.6) is 0 Å². The molecular formula is C13H12Cl2F3NO2. The Kier molecular flexibility index (Phi) is 5.01. The molecule has 0 aliphatic carbocycles. The van der Waals surface area contributed by atoms with Gasteiger partial charge in [-0.25, -0.2) is 0 Å². The van der Waals surface area contributed by atoms with Crippen LogP contribution >= 0.6 is 23.2 Å². The predicted molar refractivity (Wildman–Crippen MR) is 72.8 cm³/mol. The van der Waals surface area contributed by atoms with E-state index in [4.69, 9.17) is 27.9 Å². The number of hydrogen-bond donors (Lipinski definition) is 0. The SMILES string of the molecule is O=C(c1ccc(Cl)c(Cl)c1)N(CC(F)(F)F)[C@H]1CCOC1. The highest BCUT2D eigenvalue weighted by atomic mass is 35.5. The lowest BCUT2D eigenvalue weighted by atomic mass is 10.1. The van der Waals surface area contributed by atoms with Gasteiger partial charge in [0.1, 0.15) is 6.54 Å². The monoisotopic (exact) mass is 341 g/mol. The maximum Gasteiger partial charge on any atom is 0.406 e. The average Bonchev–Trinajstić information content (AvgIpc) is 2.91. The third-order valence-electron chi connectivity index (χ3n) is 3.12. The summed E-state index contributed by atoms with van der Waals surface area (Å²) in [6, 6.07) is 3.42. The van der Waals surface area contributed by atoms with Crippen LogP contribution in [0.4, 0.5) is 13.2 Å². The summed E-state index contributed by atoms with van der Waals surface area (Å²) in [7, 11) is 0. The minimum absolute atomic E-state index is 0.0700. The van der Waals surface area contributed by atoms with Crippen LogP contribution in [0.2, 0.25) is 10.0 Å². The van der Waals surface area contributed by atoms with Gasteiger partial charge in [-0.05, 0) is 24.6 Å². The highest BCUT2D eigenvalue weighted by molar-refractivity contribution is 6.42. The topological polar surface area (TPSA) is 29.5 Å². The van der Waals surface area contributed by atoms with Crippen molar-refractivity contribution in [3.8, 4) is 0 Å². The van der Waals surface area contributed by atoms with Crippen LogP contribution in [0.15, 0.2) is 18.2 Å². The van der Waals surface area contributed by atoms with E-state index in [1.54, 1.807) is 0 Å². The minimum atomic E-state index is -4.48. The summed E-state index contributed by atoms with van der Waals surface area (Å²) in [5.74, 6) is -0.735. The molecule has 1 aromatic rings. The molecule has 0 bridgehead atoms. The maximum atomic E-state index is 12.7. The van der Waals surface area contributed by atoms with Crippen molar-refractivity contribution in [1.29, 1.82) is 0 Å². The molecule has 0 saturated carbocycles. The first-order valence-corrected chi connectivity index (χ1v) is 6.94. The number of alkyl halides is 3. The fourth-order valence-corrected chi connectivity index (χ4v) is 2.42. The van der Waals surface area contributed by atoms with Gasteiger partial charge in [-0.15, -0.1) is 0 Å². The van der Waals surface area contributed by atoms with E-state index >= 15 is 0 Å². The molecule has 2 rings (SSSR count). The Labute approximate surface area is 129 Å². The van der Waals surface area contributed by atoms with Crippen molar-refractivity contribution in [2.75, 3.05) is 19.8 Å². The number of carbonyl (C=O) groups is 1. The molecule has 1 fully saturated rings. The normalized spacial score (nSPS) is 18.8. The average molecular weight is 342 g/mol. The fraction of sp³-hybridized carbons (Fsp3) is 0.462. The molecular weight excluding hydrogens is 330 g/mol. The Bertz CT molecular complexity index is 531. The zero-order valence-electron chi connectivity index (χ0n) is 10.8. The van der Waals surface area contributed by atoms with Crippen molar-refractivity contribution in [2.45, 2.75) is 18.6 Å². The number of benzene rings is 1. The molecule has 8 heteroatoms. The van der Waals surface area contributed by atoms with Crippen molar-refractivity contribution in [3.63, 3.8) is 0 Å². The summed E-state index contributed by atoms with van der Waals surface area (Å²) in [6.45, 7) is -0.878. The van der Waals surface area contributed by atoms with E-state index in [1.807, 2.05) is 0 Å². The number of ether oxygens (including phenoxy) is 1. The minimum Gasteiger partial charge on any atom is -0.379 e. The molecule has 0 spiro atoms. The molecule has 0 N–H and O–H groups in total. The van der Waals surface area contributed by atoms with E-state index in [1.165, 1.54) is 18.2 Å². The lowest BCUT2D eigenvalue weighted by Crippen LogP contribution is -2.46. The largest absolute Gasteiger partial charge is 0.406 e. The van der Waals surface area contributed by atoms with Gasteiger partial charge < -0.3 is 9.64 Å². The summed E-state index contributed by atoms with van der Waals surface area (Å²) in [5.41, 5.74) is 0.0700. The lowest BCUT2D eigenvalue weighted by Gasteiger charge is -2.29. The van der Waals surface area contributed by atoms with Crippen LogP contribution in [0.25, 0.3) is 0 Å². The molecule has 1 aromatic carbocycles. The molecule has 1 heterocycles. The summed E-state index contributed by atoms with van der Waals surface area (Å²) in [4.78, 5) is 13.1. The summed E-state index contributed by atoms with van der Waals surface area (Å²) in [5, 5.41) is 0.358. The molecule has 1 aliphatic heterocycles. The van der Waals surface area contributed by atoms with Gasteiger partial charge in [-0.3, -0.25) is 4.79 Å². The molecule has 1 saturated heterocycles. The first-order chi connectivity index (χ1) is 9.78. The van der Waals surface area contributed by atoms with Gasteiger partial charge in [0.05, 0.1) is 22.7 Å². The first kappa shape index (κ1) is 16.4. The number of hydrogen-bond acceptors (Lipinski definition) is 2. The van der Waals surface area contributed by atoms with E-state index in [9.17, 15) is 18.0 Å². The molecule has 1 atom stereocenters. The zero-order valence-corrected chi connectivity index (χ0v) is 12.3. The predicted octanol–water partition coefficient (Wildman–Crippen LogP) is 3.79. The van der Waals surface area contributed by atoms with Crippen molar-refractivity contribution in [2.24, 2.45) is 0 Å². The van der Waals surface area contributed by atoms with Gasteiger partial charge in [0.15, 0.2) is 0 Å². The van der Waals surface area contributed by atoms with Gasteiger partial charge in [0.2, 0.25) is 0 Å². The fourth-order valence-electron chi connectivity index (χ4n) is 2.12. The highest BCUT2D eigenvalue weighted by Crippen LogP contribution is 2.26. The van der Waals surface area contributed by atoms with Crippen LogP contribution in [0.1, 0.15) is 16.8 Å². The van der Waals surface area contributed by atoms with Crippen molar-refractivity contribution < 1.29 is 22.7 Å². The Morgan fingerprint density at radius 1 is 1.33 bits per heavy atom. The molecule has 0 unspecified atom stereocenters. The van der Waals surface area contributed by atoms with Crippen molar-refractivity contribution in [1.82, 2.24) is 4.90 Å². The van der Waals surface area contributed by atoms with E-state index in [0.717, 1.165) is 4.90 Å². The standard InChI is InChI=1S/C13H12Cl2F3NO2/c14-10-2-1-8(5-11(10)15)12(20)19(7-13(16,17)18)9-3-4-21-6-9/h1-2,5,9H,3-4,6-7H2/t9-/m0/s1. The molecule has 116 valence electrons. The quantitative estimate of drug-likeness (QED) is 0.837. The van der Waals surface area contributed by atoms with Crippen LogP contribution in [-0.2, 0) is 4.74 Å². The number of nitrogens with zero attached hydrogens (tertiary/aromatic N) is 1. The van der Waals surface area contributed by atoms with Gasteiger partial charge in [0, 0.05) is 12.2 Å². The Hall–Kier alpha value is -0.980. The van der Waals surface area contributed by atoms with Crippen molar-refractivity contribution in [3.05, 3.63) is 33.8 Å². The molecule has 3 nitrogen and oxygen atoms in total. The van der Waals surface area contributed by atoms with Gasteiger partial charge in [-0.2, -0.15) is 13.2 Å². The summed E-state index contributed by atoms with van der Waals surface area (Å²) >= 11 is 11.5. The summed E-state index contributed by atoms with van der Waals surface area (Å²) < 4.78 is 43.2. The number of amides is 1. The van der Waals surface area contributed by atoms with Gasteiger partial charge in [0.25, 0.3) is 5.91 Å². The number of rotatable bonds is 3. The van der Waals surface area contributed by atoms with Gasteiger partial charge >= 0.3 is 6.18 Å². The number of carbonyl (C=O) groups excluding carboxylic acids is 1. The zero-order chi connectivity index (χ0) is 15.6. The summed E-state index contributed by atoms with van der Waals surface area (Å²) in [6.07, 6.45) is -4.10. The third kappa shape index (κ3) is 4.25. The Morgan fingerprint density at radius 2 is 2.05 bits per heavy atom. The van der Waals surface area contributed by atoms with E-state index in [0.29, 0.717) is 13.0 Å².